The van der Waals surface area contributed by atoms with Gasteiger partial charge in [0.2, 0.25) is 0 Å². The van der Waals surface area contributed by atoms with E-state index in [1.807, 2.05) is 0 Å². The molecular formula is C9H19N3O. The summed E-state index contributed by atoms with van der Waals surface area (Å²) in [4.78, 5) is 13.0. The molecule has 1 aliphatic rings. The van der Waals surface area contributed by atoms with E-state index in [0.29, 0.717) is 5.92 Å². The number of nitrogens with one attached hydrogen (secondary N) is 1. The number of carbonyl (C=O) groups excluding carboxylic acids is 1. The summed E-state index contributed by atoms with van der Waals surface area (Å²) < 4.78 is 0. The fourth-order valence-electron chi connectivity index (χ4n) is 1.74. The average molecular weight is 185 g/mol. The third-order valence-corrected chi connectivity index (χ3v) is 2.82. The minimum atomic E-state index is -0.160. The van der Waals surface area contributed by atoms with Crippen molar-refractivity contribution >= 4 is 6.03 Å². The van der Waals surface area contributed by atoms with Crippen LogP contribution in [0.5, 0.6) is 0 Å². The second-order valence-corrected chi connectivity index (χ2v) is 4.75. The minimum Gasteiger partial charge on any atom is -0.323 e. The number of rotatable bonds is 0. The van der Waals surface area contributed by atoms with Gasteiger partial charge in [0, 0.05) is 13.1 Å². The van der Waals surface area contributed by atoms with Crippen LogP contribution in [-0.4, -0.2) is 24.0 Å². The Kier molecular flexibility index (Phi) is 2.81. The molecule has 1 fully saturated rings. The van der Waals surface area contributed by atoms with Crippen molar-refractivity contribution in [3.05, 3.63) is 0 Å². The van der Waals surface area contributed by atoms with Crippen molar-refractivity contribution in [3.8, 4) is 0 Å². The molecule has 0 bridgehead atoms. The molecule has 1 unspecified atom stereocenters. The number of hydrazine groups is 1. The molecule has 0 saturated carbocycles. The van der Waals surface area contributed by atoms with Gasteiger partial charge in [-0.3, -0.25) is 5.43 Å². The maximum absolute atomic E-state index is 11.2. The van der Waals surface area contributed by atoms with Gasteiger partial charge in [0.05, 0.1) is 0 Å². The molecule has 3 N–H and O–H groups in total. The van der Waals surface area contributed by atoms with Crippen LogP contribution in [0, 0.1) is 11.3 Å². The third kappa shape index (κ3) is 2.34. The van der Waals surface area contributed by atoms with Crippen LogP contribution in [0.15, 0.2) is 0 Å². The highest BCUT2D eigenvalue weighted by Gasteiger charge is 2.33. The zero-order valence-electron chi connectivity index (χ0n) is 8.63. The molecule has 1 aliphatic heterocycles. The molecule has 0 aliphatic carbocycles. The van der Waals surface area contributed by atoms with E-state index in [9.17, 15) is 4.79 Å². The predicted octanol–water partition coefficient (Wildman–Crippen LogP) is 0.938. The van der Waals surface area contributed by atoms with Gasteiger partial charge in [0.15, 0.2) is 0 Å². The Morgan fingerprint density at radius 2 is 2.15 bits per heavy atom. The number of carbonyl (C=O) groups is 1. The highest BCUT2D eigenvalue weighted by molar-refractivity contribution is 5.73. The van der Waals surface area contributed by atoms with E-state index in [1.54, 1.807) is 4.90 Å². The summed E-state index contributed by atoms with van der Waals surface area (Å²) >= 11 is 0. The predicted molar refractivity (Wildman–Crippen MR) is 51.9 cm³/mol. The number of urea groups is 1. The van der Waals surface area contributed by atoms with Gasteiger partial charge in [0.1, 0.15) is 0 Å². The largest absolute Gasteiger partial charge is 0.331 e. The second-order valence-electron chi connectivity index (χ2n) is 4.75. The van der Waals surface area contributed by atoms with E-state index in [-0.39, 0.29) is 11.4 Å². The van der Waals surface area contributed by atoms with Gasteiger partial charge >= 0.3 is 6.03 Å². The molecule has 13 heavy (non-hydrogen) atoms. The fraction of sp³-hybridized carbons (Fsp3) is 0.889. The van der Waals surface area contributed by atoms with E-state index < -0.39 is 0 Å². The van der Waals surface area contributed by atoms with Crippen molar-refractivity contribution < 1.29 is 4.79 Å². The molecule has 2 amide bonds. The smallest absolute Gasteiger partial charge is 0.323 e. The number of nitrogens with two attached hydrogens (primary N) is 1. The van der Waals surface area contributed by atoms with Crippen LogP contribution in [0.4, 0.5) is 4.79 Å². The molecule has 1 rings (SSSR count). The first-order valence-corrected chi connectivity index (χ1v) is 4.70. The SMILES string of the molecule is CC(C)(C)C1CCN(C(=O)NN)C1. The van der Waals surface area contributed by atoms with Gasteiger partial charge in [-0.2, -0.15) is 0 Å². The van der Waals surface area contributed by atoms with Gasteiger partial charge < -0.3 is 4.90 Å². The lowest BCUT2D eigenvalue weighted by molar-refractivity contribution is 0.197. The van der Waals surface area contributed by atoms with E-state index >= 15 is 0 Å². The van der Waals surface area contributed by atoms with Gasteiger partial charge in [-0.05, 0) is 17.8 Å². The molecule has 0 radical (unpaired) electrons. The molecule has 4 nitrogen and oxygen atoms in total. The first-order chi connectivity index (χ1) is 5.95. The number of hydrogen-bond acceptors (Lipinski definition) is 2. The molecule has 76 valence electrons. The van der Waals surface area contributed by atoms with Crippen molar-refractivity contribution in [2.75, 3.05) is 13.1 Å². The van der Waals surface area contributed by atoms with Gasteiger partial charge in [0.25, 0.3) is 0 Å². The molecule has 1 atom stereocenters. The van der Waals surface area contributed by atoms with E-state index in [2.05, 4.69) is 26.2 Å². The molecular weight excluding hydrogens is 166 g/mol. The number of nitrogens with zero attached hydrogens (tertiary/aromatic N) is 1. The molecule has 0 aromatic heterocycles. The average Bonchev–Trinajstić information content (AvgIpc) is 2.50. The maximum Gasteiger partial charge on any atom is 0.331 e. The molecule has 0 spiro atoms. The van der Waals surface area contributed by atoms with Crippen LogP contribution in [0.3, 0.4) is 0 Å². The van der Waals surface area contributed by atoms with Crippen LogP contribution >= 0.6 is 0 Å². The zero-order chi connectivity index (χ0) is 10.1. The first kappa shape index (κ1) is 10.3. The number of likely N-dealkylation sites (tertiary alicyclic amines) is 1. The van der Waals surface area contributed by atoms with Crippen molar-refractivity contribution in [3.63, 3.8) is 0 Å². The summed E-state index contributed by atoms with van der Waals surface area (Å²) in [6.07, 6.45) is 1.08. The topological polar surface area (TPSA) is 58.4 Å². The van der Waals surface area contributed by atoms with Crippen LogP contribution < -0.4 is 11.3 Å². The molecule has 1 heterocycles. The normalized spacial score (nSPS) is 23.4. The molecule has 1 saturated heterocycles. The Bertz CT molecular complexity index is 198. The monoisotopic (exact) mass is 185 g/mol. The van der Waals surface area contributed by atoms with Crippen LogP contribution in [0.2, 0.25) is 0 Å². The van der Waals surface area contributed by atoms with E-state index in [0.717, 1.165) is 19.5 Å². The second kappa shape index (κ2) is 3.54. The molecule has 0 aromatic carbocycles. The summed E-state index contributed by atoms with van der Waals surface area (Å²) in [5.74, 6) is 5.65. The Labute approximate surface area is 79.4 Å². The van der Waals surface area contributed by atoms with Crippen LogP contribution in [-0.2, 0) is 0 Å². The van der Waals surface area contributed by atoms with Crippen LogP contribution in [0.25, 0.3) is 0 Å². The summed E-state index contributed by atoms with van der Waals surface area (Å²) in [6, 6.07) is -0.160. The Balaban J connectivity index is 2.50. The molecule has 0 aromatic rings. The van der Waals surface area contributed by atoms with Crippen molar-refractivity contribution in [2.24, 2.45) is 17.2 Å². The highest BCUT2D eigenvalue weighted by Crippen LogP contribution is 2.33. The van der Waals surface area contributed by atoms with Gasteiger partial charge in [-0.1, -0.05) is 20.8 Å². The first-order valence-electron chi connectivity index (χ1n) is 4.70. The number of amides is 2. The molecule has 4 heteroatoms. The minimum absolute atomic E-state index is 0.160. The lowest BCUT2D eigenvalue weighted by atomic mass is 9.80. The van der Waals surface area contributed by atoms with Crippen molar-refractivity contribution in [1.82, 2.24) is 10.3 Å². The van der Waals surface area contributed by atoms with Crippen molar-refractivity contribution in [2.45, 2.75) is 27.2 Å². The van der Waals surface area contributed by atoms with Crippen molar-refractivity contribution in [1.29, 1.82) is 0 Å². The van der Waals surface area contributed by atoms with Crippen LogP contribution in [0.1, 0.15) is 27.2 Å². The summed E-state index contributed by atoms with van der Waals surface area (Å²) in [7, 11) is 0. The zero-order valence-corrected chi connectivity index (χ0v) is 8.63. The lowest BCUT2D eigenvalue weighted by Crippen LogP contribution is -2.42. The van der Waals surface area contributed by atoms with E-state index in [1.165, 1.54) is 0 Å². The Morgan fingerprint density at radius 3 is 2.54 bits per heavy atom. The standard InChI is InChI=1S/C9H19N3O/c1-9(2,3)7-4-5-12(6-7)8(13)11-10/h7H,4-6,10H2,1-3H3,(H,11,13). The van der Waals surface area contributed by atoms with Gasteiger partial charge in [-0.25, -0.2) is 10.6 Å². The number of hydrogen-bond donors (Lipinski definition) is 2. The Hall–Kier alpha value is -0.770. The van der Waals surface area contributed by atoms with E-state index in [4.69, 9.17) is 5.84 Å². The summed E-state index contributed by atoms with van der Waals surface area (Å²) in [6.45, 7) is 8.28. The quantitative estimate of drug-likeness (QED) is 0.335. The maximum atomic E-state index is 11.2. The highest BCUT2D eigenvalue weighted by atomic mass is 16.2. The third-order valence-electron chi connectivity index (χ3n) is 2.82. The Morgan fingerprint density at radius 1 is 1.54 bits per heavy atom. The summed E-state index contributed by atoms with van der Waals surface area (Å²) in [5, 5.41) is 0. The fourth-order valence-corrected chi connectivity index (χ4v) is 1.74. The lowest BCUT2D eigenvalue weighted by Gasteiger charge is -2.26. The van der Waals surface area contributed by atoms with Gasteiger partial charge in [-0.15, -0.1) is 0 Å². The summed E-state index contributed by atoms with van der Waals surface area (Å²) in [5.41, 5.74) is 2.45.